The number of aryl methyl sites for hydroxylation is 1. The number of nitrogens with zero attached hydrogens (tertiary/aromatic N) is 3. The molecule has 3 aromatic rings. The van der Waals surface area contributed by atoms with Crippen molar-refractivity contribution in [2.24, 2.45) is 0 Å². The van der Waals surface area contributed by atoms with Crippen molar-refractivity contribution in [3.05, 3.63) is 77.6 Å². The lowest BCUT2D eigenvalue weighted by molar-refractivity contribution is 0.0977. The van der Waals surface area contributed by atoms with Gasteiger partial charge in [0, 0.05) is 17.7 Å². The molecule has 8 heteroatoms. The first kappa shape index (κ1) is 19.1. The molecule has 138 valence electrons. The van der Waals surface area contributed by atoms with Gasteiger partial charge in [0.25, 0.3) is 5.91 Å². The Morgan fingerprint density at radius 1 is 1.07 bits per heavy atom. The van der Waals surface area contributed by atoms with Gasteiger partial charge in [0.1, 0.15) is 0 Å². The summed E-state index contributed by atoms with van der Waals surface area (Å²) in [6.45, 7) is 1.99. The second-order valence-corrected chi connectivity index (χ2v) is 6.97. The summed E-state index contributed by atoms with van der Waals surface area (Å²) in [7, 11) is 0. The number of carbonyl (C=O) groups is 1. The number of thiocarbonyl (C=S) groups is 1. The molecule has 27 heavy (non-hydrogen) atoms. The molecule has 1 aromatic heterocycles. The molecule has 0 atom stereocenters. The largest absolute Gasteiger partial charge is 0.298 e. The van der Waals surface area contributed by atoms with E-state index in [9.17, 15) is 4.79 Å². The topological polar surface area (TPSA) is 71.8 Å². The lowest BCUT2D eigenvalue weighted by atomic mass is 10.2. The van der Waals surface area contributed by atoms with Gasteiger partial charge in [-0.05, 0) is 29.9 Å². The molecule has 0 aliphatic carbocycles. The van der Waals surface area contributed by atoms with Gasteiger partial charge in [-0.1, -0.05) is 67.2 Å². The maximum absolute atomic E-state index is 12.2. The fourth-order valence-electron chi connectivity index (χ4n) is 2.35. The van der Waals surface area contributed by atoms with E-state index in [2.05, 4.69) is 33.1 Å². The number of nitrogens with one attached hydrogen (secondary N) is 2. The highest BCUT2D eigenvalue weighted by atomic mass is 32.2. The van der Waals surface area contributed by atoms with Gasteiger partial charge in [0.15, 0.2) is 10.9 Å². The van der Waals surface area contributed by atoms with Crippen molar-refractivity contribution < 1.29 is 4.79 Å². The molecule has 0 saturated heterocycles. The van der Waals surface area contributed by atoms with Crippen molar-refractivity contribution in [2.45, 2.75) is 24.3 Å². The molecule has 0 saturated carbocycles. The predicted octanol–water partition coefficient (Wildman–Crippen LogP) is 3.39. The summed E-state index contributed by atoms with van der Waals surface area (Å²) in [6.07, 6.45) is 0.682. The Bertz CT molecular complexity index is 912. The number of thioether (sulfide) groups is 1. The predicted molar refractivity (Wildman–Crippen MR) is 111 cm³/mol. The van der Waals surface area contributed by atoms with Gasteiger partial charge in [-0.25, -0.2) is 4.68 Å². The first-order valence-electron chi connectivity index (χ1n) is 8.45. The SMILES string of the molecule is CCc1nnc(SCc2ccccc2)n1NC(=S)NC(=O)c1ccccc1. The molecule has 0 aliphatic heterocycles. The highest BCUT2D eigenvalue weighted by Gasteiger charge is 2.14. The van der Waals surface area contributed by atoms with Gasteiger partial charge >= 0.3 is 0 Å². The molecular weight excluding hydrogens is 378 g/mol. The van der Waals surface area contributed by atoms with E-state index >= 15 is 0 Å². The van der Waals surface area contributed by atoms with Crippen LogP contribution in [-0.2, 0) is 12.2 Å². The summed E-state index contributed by atoms with van der Waals surface area (Å²) >= 11 is 6.84. The number of carbonyl (C=O) groups excluding carboxylic acids is 1. The Balaban J connectivity index is 1.67. The average Bonchev–Trinajstić information content (AvgIpc) is 3.09. The quantitative estimate of drug-likeness (QED) is 0.491. The zero-order chi connectivity index (χ0) is 19.1. The zero-order valence-electron chi connectivity index (χ0n) is 14.8. The van der Waals surface area contributed by atoms with Crippen LogP contribution in [0.2, 0.25) is 0 Å². The van der Waals surface area contributed by atoms with Crippen LogP contribution < -0.4 is 10.7 Å². The fraction of sp³-hybridized carbons (Fsp3) is 0.158. The normalized spacial score (nSPS) is 10.4. The molecular formula is C19H19N5OS2. The van der Waals surface area contributed by atoms with Crippen LogP contribution in [0.5, 0.6) is 0 Å². The summed E-state index contributed by atoms with van der Waals surface area (Å²) in [5.41, 5.74) is 4.75. The van der Waals surface area contributed by atoms with Crippen LogP contribution in [0.25, 0.3) is 0 Å². The first-order chi connectivity index (χ1) is 13.2. The Morgan fingerprint density at radius 2 is 1.74 bits per heavy atom. The van der Waals surface area contributed by atoms with E-state index in [0.717, 1.165) is 11.6 Å². The van der Waals surface area contributed by atoms with E-state index in [1.807, 2.05) is 31.2 Å². The summed E-state index contributed by atoms with van der Waals surface area (Å²) in [5.74, 6) is 1.23. The van der Waals surface area contributed by atoms with E-state index in [0.29, 0.717) is 17.1 Å². The molecule has 2 N–H and O–H groups in total. The molecule has 0 aliphatic rings. The Kier molecular flexibility index (Phi) is 6.56. The second kappa shape index (κ2) is 9.29. The third-order valence-corrected chi connectivity index (χ3v) is 4.90. The molecule has 0 bridgehead atoms. The zero-order valence-corrected chi connectivity index (χ0v) is 16.4. The number of hydrogen-bond donors (Lipinski definition) is 2. The number of aromatic nitrogens is 3. The van der Waals surface area contributed by atoms with Crippen LogP contribution in [0.1, 0.15) is 28.7 Å². The van der Waals surface area contributed by atoms with E-state index in [1.54, 1.807) is 40.7 Å². The molecule has 6 nitrogen and oxygen atoms in total. The molecule has 3 rings (SSSR count). The smallest absolute Gasteiger partial charge is 0.257 e. The average molecular weight is 398 g/mol. The van der Waals surface area contributed by atoms with E-state index < -0.39 is 0 Å². The second-order valence-electron chi connectivity index (χ2n) is 5.62. The van der Waals surface area contributed by atoms with Gasteiger partial charge in [0.05, 0.1) is 0 Å². The Hall–Kier alpha value is -2.71. The third-order valence-electron chi connectivity index (χ3n) is 3.70. The monoisotopic (exact) mass is 397 g/mol. The number of amides is 1. The van der Waals surface area contributed by atoms with Crippen LogP contribution in [0.3, 0.4) is 0 Å². The molecule has 0 fully saturated rings. The van der Waals surface area contributed by atoms with Gasteiger partial charge in [0.2, 0.25) is 5.16 Å². The van der Waals surface area contributed by atoms with Crippen LogP contribution in [0.15, 0.2) is 65.8 Å². The minimum atomic E-state index is -0.266. The summed E-state index contributed by atoms with van der Waals surface area (Å²) in [4.78, 5) is 12.2. The standard InChI is InChI=1S/C19H19N5OS2/c1-2-16-21-22-19(27-13-14-9-5-3-6-10-14)24(16)23-18(26)20-17(25)15-11-7-4-8-12-15/h3-12H,2,13H2,1H3,(H2,20,23,25,26). The van der Waals surface area contributed by atoms with E-state index in [1.165, 1.54) is 5.56 Å². The highest BCUT2D eigenvalue weighted by Crippen LogP contribution is 2.21. The van der Waals surface area contributed by atoms with Gasteiger partial charge in [-0.2, -0.15) is 0 Å². The van der Waals surface area contributed by atoms with Crippen molar-refractivity contribution in [3.63, 3.8) is 0 Å². The molecule has 2 aromatic carbocycles. The number of hydrogen-bond acceptors (Lipinski definition) is 5. The fourth-order valence-corrected chi connectivity index (χ4v) is 3.40. The van der Waals surface area contributed by atoms with Crippen LogP contribution in [0.4, 0.5) is 0 Å². The number of rotatable bonds is 6. The Morgan fingerprint density at radius 3 is 2.41 bits per heavy atom. The van der Waals surface area contributed by atoms with Crippen LogP contribution >= 0.6 is 24.0 Å². The van der Waals surface area contributed by atoms with Crippen LogP contribution in [0, 0.1) is 0 Å². The summed E-state index contributed by atoms with van der Waals surface area (Å²) < 4.78 is 1.72. The van der Waals surface area contributed by atoms with Crippen molar-refractivity contribution >= 4 is 35.0 Å². The van der Waals surface area contributed by atoms with E-state index in [-0.39, 0.29) is 11.0 Å². The van der Waals surface area contributed by atoms with Gasteiger partial charge in [-0.3, -0.25) is 15.5 Å². The maximum atomic E-state index is 12.2. The van der Waals surface area contributed by atoms with Crippen molar-refractivity contribution in [3.8, 4) is 0 Å². The molecule has 1 heterocycles. The van der Waals surface area contributed by atoms with Gasteiger partial charge in [-0.15, -0.1) is 10.2 Å². The minimum absolute atomic E-state index is 0.194. The summed E-state index contributed by atoms with van der Waals surface area (Å²) in [6, 6.07) is 19.0. The highest BCUT2D eigenvalue weighted by molar-refractivity contribution is 7.98. The Labute approximate surface area is 167 Å². The van der Waals surface area contributed by atoms with Crippen molar-refractivity contribution in [1.29, 1.82) is 0 Å². The minimum Gasteiger partial charge on any atom is -0.298 e. The molecule has 1 amide bonds. The number of benzene rings is 2. The maximum Gasteiger partial charge on any atom is 0.257 e. The van der Waals surface area contributed by atoms with Gasteiger partial charge < -0.3 is 0 Å². The van der Waals surface area contributed by atoms with Crippen molar-refractivity contribution in [2.75, 3.05) is 5.43 Å². The van der Waals surface area contributed by atoms with E-state index in [4.69, 9.17) is 12.2 Å². The molecule has 0 radical (unpaired) electrons. The van der Waals surface area contributed by atoms with Crippen molar-refractivity contribution in [1.82, 2.24) is 20.2 Å². The van der Waals surface area contributed by atoms with Crippen LogP contribution in [-0.4, -0.2) is 25.9 Å². The molecule has 0 unspecified atom stereocenters. The summed E-state index contributed by atoms with van der Waals surface area (Å²) in [5, 5.41) is 12.0. The third kappa shape index (κ3) is 5.15. The molecule has 0 spiro atoms. The lowest BCUT2D eigenvalue weighted by Crippen LogP contribution is -2.38. The first-order valence-corrected chi connectivity index (χ1v) is 9.85. The lowest BCUT2D eigenvalue weighted by Gasteiger charge is -2.13.